The van der Waals surface area contributed by atoms with E-state index >= 15 is 0 Å². The lowest BCUT2D eigenvalue weighted by Gasteiger charge is -2.27. The molecular weight excluding hydrogens is 347 g/mol. The fourth-order valence-corrected chi connectivity index (χ4v) is 3.62. The lowest BCUT2D eigenvalue weighted by Crippen LogP contribution is -2.31. The van der Waals surface area contributed by atoms with Crippen LogP contribution < -0.4 is 9.47 Å². The molecule has 0 N–H and O–H groups in total. The van der Waals surface area contributed by atoms with Crippen LogP contribution in [0, 0.1) is 0 Å². The van der Waals surface area contributed by atoms with E-state index in [0.29, 0.717) is 6.42 Å². The van der Waals surface area contributed by atoms with Crippen molar-refractivity contribution in [1.29, 1.82) is 0 Å². The number of hydrogen-bond acceptors (Lipinski definition) is 7. The Morgan fingerprint density at radius 1 is 1.27 bits per heavy atom. The largest absolute Gasteiger partial charge is 0.455 e. The number of rotatable bonds is 5. The van der Waals surface area contributed by atoms with Crippen LogP contribution in [0.15, 0.2) is 16.8 Å². The number of esters is 3. The third kappa shape index (κ3) is 2.21. The van der Waals surface area contributed by atoms with Gasteiger partial charge in [0, 0.05) is 0 Å². The molecule has 7 nitrogen and oxygen atoms in total. The molecule has 2 aromatic heterocycles. The highest BCUT2D eigenvalue weighted by Gasteiger charge is 2.46. The standard InChI is InChI=1S/C18H15FO7/c1-3-18(6-4-5-7-18)26-17(22)10-9-11-14(25-16(9)21)13(12(10)23-11)24-15(20)8(2)19/h2-7H2,1H3. The first-order valence-corrected chi connectivity index (χ1v) is 8.31. The summed E-state index contributed by atoms with van der Waals surface area (Å²) in [6.45, 7) is 4.77. The normalized spacial score (nSPS) is 17.5. The summed E-state index contributed by atoms with van der Waals surface area (Å²) in [6, 6.07) is 0. The minimum Gasteiger partial charge on any atom is -0.455 e. The molecule has 0 radical (unpaired) electrons. The molecule has 1 aliphatic carbocycles. The van der Waals surface area contributed by atoms with E-state index in [1.165, 1.54) is 0 Å². The number of ether oxygens (including phenoxy) is 3. The van der Waals surface area contributed by atoms with Gasteiger partial charge in [0.25, 0.3) is 0 Å². The Hall–Kier alpha value is -2.90. The Morgan fingerprint density at radius 3 is 2.58 bits per heavy atom. The third-order valence-electron chi connectivity index (χ3n) is 5.01. The Kier molecular flexibility index (Phi) is 3.54. The second kappa shape index (κ2) is 5.55. The van der Waals surface area contributed by atoms with Crippen LogP contribution in [-0.4, -0.2) is 23.5 Å². The van der Waals surface area contributed by atoms with Crippen molar-refractivity contribution in [2.24, 2.45) is 0 Å². The molecular formula is C18H15FO7. The van der Waals surface area contributed by atoms with Crippen LogP contribution in [0.4, 0.5) is 4.39 Å². The summed E-state index contributed by atoms with van der Waals surface area (Å²) in [5, 5.41) is 0. The predicted octanol–water partition coefficient (Wildman–Crippen LogP) is 3.67. The van der Waals surface area contributed by atoms with Crippen molar-refractivity contribution < 1.29 is 37.4 Å². The van der Waals surface area contributed by atoms with Crippen LogP contribution in [0.3, 0.4) is 0 Å². The maximum absolute atomic E-state index is 13.0. The summed E-state index contributed by atoms with van der Waals surface area (Å²) in [5.74, 6) is -4.72. The summed E-state index contributed by atoms with van der Waals surface area (Å²) in [7, 11) is 0. The third-order valence-corrected chi connectivity index (χ3v) is 5.01. The predicted molar refractivity (Wildman–Crippen MR) is 85.1 cm³/mol. The average molecular weight is 362 g/mol. The zero-order valence-electron chi connectivity index (χ0n) is 14.0. The minimum absolute atomic E-state index is 0.0128. The fraction of sp³-hybridized carbons (Fsp3) is 0.389. The van der Waals surface area contributed by atoms with Gasteiger partial charge in [0.05, 0.1) is 0 Å². The van der Waals surface area contributed by atoms with Gasteiger partial charge >= 0.3 is 17.9 Å². The van der Waals surface area contributed by atoms with Crippen LogP contribution in [0.25, 0.3) is 11.2 Å². The van der Waals surface area contributed by atoms with E-state index < -0.39 is 29.3 Å². The molecule has 8 heteroatoms. The zero-order chi connectivity index (χ0) is 18.6. The number of hydrogen-bond donors (Lipinski definition) is 0. The van der Waals surface area contributed by atoms with Crippen LogP contribution in [-0.2, 0) is 9.53 Å². The van der Waals surface area contributed by atoms with Crippen LogP contribution >= 0.6 is 0 Å². The van der Waals surface area contributed by atoms with E-state index in [9.17, 15) is 18.8 Å². The highest BCUT2D eigenvalue weighted by molar-refractivity contribution is 6.20. The molecule has 0 atom stereocenters. The monoisotopic (exact) mass is 362 g/mol. The molecule has 2 aromatic rings. The molecule has 0 saturated heterocycles. The Labute approximate surface area is 147 Å². The molecule has 3 heterocycles. The number of carbonyl (C=O) groups excluding carboxylic acids is 3. The first-order valence-electron chi connectivity index (χ1n) is 8.31. The lowest BCUT2D eigenvalue weighted by atomic mass is 9.98. The van der Waals surface area contributed by atoms with E-state index in [2.05, 4.69) is 6.58 Å². The molecule has 4 rings (SSSR count). The van der Waals surface area contributed by atoms with Crippen molar-refractivity contribution in [1.82, 2.24) is 0 Å². The van der Waals surface area contributed by atoms with Crippen LogP contribution in [0.2, 0.25) is 0 Å². The Balaban J connectivity index is 1.74. The summed E-state index contributed by atoms with van der Waals surface area (Å²) in [5.41, 5.74) is -0.973. The van der Waals surface area contributed by atoms with Crippen molar-refractivity contribution in [3.8, 4) is 11.5 Å². The molecule has 136 valence electrons. The van der Waals surface area contributed by atoms with Crippen LogP contribution in [0.5, 0.6) is 11.5 Å². The van der Waals surface area contributed by atoms with Gasteiger partial charge in [-0.2, -0.15) is 4.39 Å². The molecule has 0 spiro atoms. The summed E-state index contributed by atoms with van der Waals surface area (Å²) in [6.07, 6.45) is 4.01. The molecule has 26 heavy (non-hydrogen) atoms. The topological polar surface area (TPSA) is 92.0 Å². The Morgan fingerprint density at radius 2 is 1.96 bits per heavy atom. The molecule has 1 fully saturated rings. The van der Waals surface area contributed by atoms with Gasteiger partial charge in [-0.1, -0.05) is 13.5 Å². The molecule has 0 aromatic carbocycles. The first-order chi connectivity index (χ1) is 12.4. The smallest absolute Gasteiger partial charge is 0.372 e. The molecule has 0 unspecified atom stereocenters. The van der Waals surface area contributed by atoms with E-state index in [0.717, 1.165) is 25.7 Å². The van der Waals surface area contributed by atoms with Crippen molar-refractivity contribution in [2.45, 2.75) is 44.6 Å². The Bertz CT molecular complexity index is 948. The number of carbonyl (C=O) groups is 3. The van der Waals surface area contributed by atoms with Crippen molar-refractivity contribution in [2.75, 3.05) is 0 Å². The van der Waals surface area contributed by atoms with Gasteiger partial charge in [0.15, 0.2) is 11.2 Å². The number of fused-ring (bicyclic) bond motifs is 1. The van der Waals surface area contributed by atoms with Gasteiger partial charge < -0.3 is 18.6 Å². The van der Waals surface area contributed by atoms with E-state index in [-0.39, 0.29) is 33.8 Å². The van der Waals surface area contributed by atoms with Crippen LogP contribution in [0.1, 0.15) is 59.7 Å². The number of benzene rings is 1. The SMILES string of the molecule is C=C(F)C(=O)Oc1c2c3oc1c(C(=O)OC1(CC)CCCC1)c3C(=O)O2. The summed E-state index contributed by atoms with van der Waals surface area (Å²) < 4.78 is 33.9. The second-order valence-electron chi connectivity index (χ2n) is 6.49. The molecule has 1 saturated carbocycles. The lowest BCUT2D eigenvalue weighted by molar-refractivity contribution is -0.131. The van der Waals surface area contributed by atoms with Crippen molar-refractivity contribution in [3.63, 3.8) is 0 Å². The van der Waals surface area contributed by atoms with E-state index in [1.54, 1.807) is 0 Å². The highest BCUT2D eigenvalue weighted by atomic mass is 19.1. The maximum atomic E-state index is 13.0. The second-order valence-corrected chi connectivity index (χ2v) is 6.49. The highest BCUT2D eigenvalue weighted by Crippen LogP contribution is 2.52. The van der Waals surface area contributed by atoms with Crippen molar-refractivity contribution in [3.05, 3.63) is 23.5 Å². The molecule has 2 bridgehead atoms. The molecule has 2 aliphatic rings. The fourth-order valence-electron chi connectivity index (χ4n) is 3.62. The quantitative estimate of drug-likeness (QED) is 0.455. The minimum atomic E-state index is -1.37. The van der Waals surface area contributed by atoms with Gasteiger partial charge in [-0.05, 0) is 32.1 Å². The zero-order valence-corrected chi connectivity index (χ0v) is 14.0. The van der Waals surface area contributed by atoms with Gasteiger partial charge in [-0.15, -0.1) is 0 Å². The van der Waals surface area contributed by atoms with E-state index in [4.69, 9.17) is 18.6 Å². The van der Waals surface area contributed by atoms with Crippen molar-refractivity contribution >= 4 is 29.1 Å². The molecule has 0 amide bonds. The first kappa shape index (κ1) is 16.6. The average Bonchev–Trinajstić information content (AvgIpc) is 3.32. The van der Waals surface area contributed by atoms with Gasteiger partial charge in [-0.3, -0.25) is 0 Å². The van der Waals surface area contributed by atoms with Gasteiger partial charge in [0.2, 0.25) is 17.3 Å². The number of halogens is 1. The summed E-state index contributed by atoms with van der Waals surface area (Å²) >= 11 is 0. The van der Waals surface area contributed by atoms with Gasteiger partial charge in [0.1, 0.15) is 16.7 Å². The van der Waals surface area contributed by atoms with E-state index in [1.807, 2.05) is 6.92 Å². The summed E-state index contributed by atoms with van der Waals surface area (Å²) in [4.78, 5) is 36.4. The molecule has 1 aliphatic heterocycles. The van der Waals surface area contributed by atoms with Gasteiger partial charge in [-0.25, -0.2) is 14.4 Å². The maximum Gasteiger partial charge on any atom is 0.372 e. The number of furan rings is 2.